The van der Waals surface area contributed by atoms with E-state index in [-0.39, 0.29) is 4.90 Å². The first-order valence-electron chi connectivity index (χ1n) is 5.00. The van der Waals surface area contributed by atoms with E-state index in [0.717, 1.165) is 17.2 Å². The van der Waals surface area contributed by atoms with Crippen LogP contribution in [0.5, 0.6) is 0 Å². The maximum Gasteiger partial charge on any atom is 0.244 e. The zero-order valence-electron chi connectivity index (χ0n) is 9.67. The summed E-state index contributed by atoms with van der Waals surface area (Å²) < 4.78 is 24.7. The van der Waals surface area contributed by atoms with Crippen LogP contribution in [0.3, 0.4) is 0 Å². The average Bonchev–Trinajstić information content (AvgIpc) is 2.26. The number of hydrogen-bond acceptors (Lipinski definition) is 4. The Morgan fingerprint density at radius 1 is 1.38 bits per heavy atom. The van der Waals surface area contributed by atoms with Crippen molar-refractivity contribution < 1.29 is 8.42 Å². The Hall–Kier alpha value is -0.590. The first-order chi connectivity index (χ1) is 7.48. The monoisotopic (exact) mass is 260 g/mol. The zero-order chi connectivity index (χ0) is 12.2. The highest BCUT2D eigenvalue weighted by atomic mass is 32.2. The van der Waals surface area contributed by atoms with Crippen LogP contribution in [0.1, 0.15) is 13.3 Å². The third kappa shape index (κ3) is 3.20. The number of nitrogens with zero attached hydrogens (tertiary/aromatic N) is 2. The Bertz CT molecular complexity index is 427. The number of rotatable bonds is 5. The predicted octanol–water partition coefficient (Wildman–Crippen LogP) is 1.83. The Morgan fingerprint density at radius 3 is 2.50 bits per heavy atom. The van der Waals surface area contributed by atoms with Gasteiger partial charge in [-0.05, 0) is 24.3 Å². The molecule has 0 saturated heterocycles. The van der Waals surface area contributed by atoms with Gasteiger partial charge in [0.25, 0.3) is 0 Å². The summed E-state index contributed by atoms with van der Waals surface area (Å²) in [6, 6.07) is 3.34. The molecule has 0 spiro atoms. The SMILES string of the molecule is CCCSc1ccc(S(=O)(=O)N(C)C)cn1. The van der Waals surface area contributed by atoms with E-state index in [4.69, 9.17) is 0 Å². The molecule has 4 nitrogen and oxygen atoms in total. The third-order valence-corrected chi connectivity index (χ3v) is 4.89. The quantitative estimate of drug-likeness (QED) is 0.758. The van der Waals surface area contributed by atoms with E-state index < -0.39 is 10.0 Å². The van der Waals surface area contributed by atoms with Gasteiger partial charge in [-0.2, -0.15) is 0 Å². The second kappa shape index (κ2) is 5.65. The Morgan fingerprint density at radius 2 is 2.06 bits per heavy atom. The summed E-state index contributed by atoms with van der Waals surface area (Å²) in [6.07, 6.45) is 2.48. The zero-order valence-corrected chi connectivity index (χ0v) is 11.3. The van der Waals surface area contributed by atoms with Gasteiger partial charge in [0.15, 0.2) is 0 Å². The highest BCUT2D eigenvalue weighted by Gasteiger charge is 2.17. The fraction of sp³-hybridized carbons (Fsp3) is 0.500. The molecule has 1 heterocycles. The van der Waals surface area contributed by atoms with Crippen LogP contribution in [-0.2, 0) is 10.0 Å². The molecule has 0 aromatic carbocycles. The van der Waals surface area contributed by atoms with Gasteiger partial charge in [0.2, 0.25) is 10.0 Å². The van der Waals surface area contributed by atoms with Gasteiger partial charge in [-0.25, -0.2) is 17.7 Å². The van der Waals surface area contributed by atoms with E-state index >= 15 is 0 Å². The van der Waals surface area contributed by atoms with E-state index in [2.05, 4.69) is 11.9 Å². The van der Waals surface area contributed by atoms with Gasteiger partial charge >= 0.3 is 0 Å². The molecule has 0 aliphatic rings. The van der Waals surface area contributed by atoms with Crippen molar-refractivity contribution in [3.8, 4) is 0 Å². The van der Waals surface area contributed by atoms with Gasteiger partial charge in [-0.15, -0.1) is 11.8 Å². The molecule has 0 aliphatic heterocycles. The fourth-order valence-corrected chi connectivity index (χ4v) is 2.57. The highest BCUT2D eigenvalue weighted by Crippen LogP contribution is 2.18. The van der Waals surface area contributed by atoms with Crippen molar-refractivity contribution in [2.24, 2.45) is 0 Å². The molecule has 90 valence electrons. The van der Waals surface area contributed by atoms with Crippen molar-refractivity contribution in [3.05, 3.63) is 18.3 Å². The Labute approximate surface area is 101 Å². The molecular weight excluding hydrogens is 244 g/mol. The van der Waals surface area contributed by atoms with Gasteiger partial charge < -0.3 is 0 Å². The molecule has 0 atom stereocenters. The smallest absolute Gasteiger partial charge is 0.244 e. The molecule has 0 fully saturated rings. The second-order valence-corrected chi connectivity index (χ2v) is 6.74. The molecular formula is C10H16N2O2S2. The lowest BCUT2D eigenvalue weighted by Gasteiger charge is -2.10. The van der Waals surface area contributed by atoms with Crippen LogP contribution in [-0.4, -0.2) is 37.6 Å². The van der Waals surface area contributed by atoms with Crippen molar-refractivity contribution in [1.29, 1.82) is 0 Å². The van der Waals surface area contributed by atoms with Gasteiger partial charge in [0, 0.05) is 20.3 Å². The maximum absolute atomic E-state index is 11.7. The fourth-order valence-electron chi connectivity index (χ4n) is 1.02. The lowest BCUT2D eigenvalue weighted by atomic mass is 10.5. The molecule has 0 radical (unpaired) electrons. The van der Waals surface area contributed by atoms with Crippen molar-refractivity contribution in [1.82, 2.24) is 9.29 Å². The summed E-state index contributed by atoms with van der Waals surface area (Å²) in [6.45, 7) is 2.10. The van der Waals surface area contributed by atoms with E-state index in [1.807, 2.05) is 0 Å². The lowest BCUT2D eigenvalue weighted by Crippen LogP contribution is -2.22. The molecule has 0 N–H and O–H groups in total. The first-order valence-corrected chi connectivity index (χ1v) is 7.42. The lowest BCUT2D eigenvalue weighted by molar-refractivity contribution is 0.520. The van der Waals surface area contributed by atoms with E-state index in [1.54, 1.807) is 23.9 Å². The second-order valence-electron chi connectivity index (χ2n) is 3.47. The molecule has 0 amide bonds. The summed E-state index contributed by atoms with van der Waals surface area (Å²) in [4.78, 5) is 4.36. The maximum atomic E-state index is 11.7. The molecule has 0 bridgehead atoms. The number of hydrogen-bond donors (Lipinski definition) is 0. The van der Waals surface area contributed by atoms with Crippen LogP contribution < -0.4 is 0 Å². The standard InChI is InChI=1S/C10H16N2O2S2/c1-4-7-15-10-6-5-9(8-11-10)16(13,14)12(2)3/h5-6,8H,4,7H2,1-3H3. The van der Waals surface area contributed by atoms with Gasteiger partial charge in [0.05, 0.1) is 5.03 Å². The van der Waals surface area contributed by atoms with Crippen molar-refractivity contribution >= 4 is 21.8 Å². The van der Waals surface area contributed by atoms with Gasteiger partial charge in [0.1, 0.15) is 4.90 Å². The van der Waals surface area contributed by atoms with E-state index in [0.29, 0.717) is 0 Å². The molecule has 0 aliphatic carbocycles. The number of thioether (sulfide) groups is 1. The van der Waals surface area contributed by atoms with Crippen LogP contribution in [0.15, 0.2) is 28.3 Å². The topological polar surface area (TPSA) is 50.3 Å². The van der Waals surface area contributed by atoms with Crippen molar-refractivity contribution in [3.63, 3.8) is 0 Å². The van der Waals surface area contributed by atoms with Crippen molar-refractivity contribution in [2.75, 3.05) is 19.8 Å². The Kier molecular flexibility index (Phi) is 4.76. The first kappa shape index (κ1) is 13.5. The summed E-state index contributed by atoms with van der Waals surface area (Å²) >= 11 is 1.63. The summed E-state index contributed by atoms with van der Waals surface area (Å²) in [5, 5.41) is 0.861. The molecule has 1 rings (SSSR count). The van der Waals surface area contributed by atoms with E-state index in [9.17, 15) is 8.42 Å². The predicted molar refractivity (Wildman–Crippen MR) is 66.1 cm³/mol. The Balaban J connectivity index is 2.87. The number of aromatic nitrogens is 1. The minimum Gasteiger partial charge on any atom is -0.249 e. The van der Waals surface area contributed by atoms with Crippen LogP contribution in [0.25, 0.3) is 0 Å². The van der Waals surface area contributed by atoms with Crippen LogP contribution in [0.4, 0.5) is 0 Å². The summed E-state index contributed by atoms with van der Waals surface area (Å²) in [7, 11) is -0.335. The third-order valence-electron chi connectivity index (χ3n) is 1.94. The number of pyridine rings is 1. The van der Waals surface area contributed by atoms with Gasteiger partial charge in [-0.3, -0.25) is 0 Å². The highest BCUT2D eigenvalue weighted by molar-refractivity contribution is 7.99. The summed E-state index contributed by atoms with van der Waals surface area (Å²) in [5.74, 6) is 0.993. The van der Waals surface area contributed by atoms with Gasteiger partial charge in [-0.1, -0.05) is 6.92 Å². The molecule has 0 unspecified atom stereocenters. The molecule has 6 heteroatoms. The number of sulfonamides is 1. The van der Waals surface area contributed by atoms with E-state index in [1.165, 1.54) is 24.6 Å². The minimum absolute atomic E-state index is 0.235. The van der Waals surface area contributed by atoms with Crippen LogP contribution in [0.2, 0.25) is 0 Å². The largest absolute Gasteiger partial charge is 0.249 e. The molecule has 1 aromatic heterocycles. The molecule has 1 aromatic rings. The summed E-state index contributed by atoms with van der Waals surface area (Å²) in [5.41, 5.74) is 0. The van der Waals surface area contributed by atoms with Crippen molar-refractivity contribution in [2.45, 2.75) is 23.3 Å². The minimum atomic E-state index is -3.35. The van der Waals surface area contributed by atoms with Crippen LogP contribution in [0, 0.1) is 0 Å². The van der Waals surface area contributed by atoms with Crippen LogP contribution >= 0.6 is 11.8 Å². The molecule has 16 heavy (non-hydrogen) atoms. The normalized spacial score (nSPS) is 12.0. The average molecular weight is 260 g/mol. The molecule has 0 saturated carbocycles.